The zero-order valence-corrected chi connectivity index (χ0v) is 12.9. The van der Waals surface area contributed by atoms with Crippen LogP contribution >= 0.6 is 23.2 Å². The van der Waals surface area contributed by atoms with E-state index in [0.717, 1.165) is 17.0 Å². The van der Waals surface area contributed by atoms with Crippen molar-refractivity contribution in [3.8, 4) is 0 Å². The Labute approximate surface area is 126 Å². The minimum absolute atomic E-state index is 0.219. The van der Waals surface area contributed by atoms with Crippen molar-refractivity contribution < 1.29 is 0 Å². The van der Waals surface area contributed by atoms with Crippen LogP contribution in [0.2, 0.25) is 10.0 Å². The molecule has 0 bridgehead atoms. The smallest absolute Gasteiger partial charge is 0.0453 e. The molecular weight excluding hydrogens is 277 g/mol. The molecule has 1 aromatic rings. The molecule has 0 radical (unpaired) electrons. The molecule has 0 spiro atoms. The first kappa shape index (κ1) is 15.2. The first-order valence-electron chi connectivity index (χ1n) is 7.36. The fourth-order valence-corrected chi connectivity index (χ4v) is 3.51. The Bertz CT molecular complexity index is 398. The van der Waals surface area contributed by atoms with E-state index in [2.05, 4.69) is 0 Å². The average Bonchev–Trinajstić information content (AvgIpc) is 2.32. The minimum Gasteiger partial charge on any atom is -0.327 e. The lowest BCUT2D eigenvalue weighted by molar-refractivity contribution is 0.322. The van der Waals surface area contributed by atoms with Gasteiger partial charge in [0.05, 0.1) is 0 Å². The summed E-state index contributed by atoms with van der Waals surface area (Å²) in [5.74, 6) is 0.645. The number of hydrogen-bond acceptors (Lipinski definition) is 1. The van der Waals surface area contributed by atoms with Crippen molar-refractivity contribution in [3.05, 3.63) is 33.8 Å². The molecular formula is C16H23Cl2N. The Hall–Kier alpha value is -0.240. The molecule has 3 heteroatoms. The Balaban J connectivity index is 1.96. The average molecular weight is 300 g/mol. The van der Waals surface area contributed by atoms with Crippen molar-refractivity contribution in [3.63, 3.8) is 0 Å². The minimum atomic E-state index is 0.219. The molecule has 2 N–H and O–H groups in total. The number of benzene rings is 1. The lowest BCUT2D eigenvalue weighted by atomic mass is 9.84. The van der Waals surface area contributed by atoms with Gasteiger partial charge in [-0.2, -0.15) is 0 Å². The van der Waals surface area contributed by atoms with Crippen LogP contribution in [0, 0.1) is 5.92 Å². The molecule has 0 saturated heterocycles. The van der Waals surface area contributed by atoms with Crippen molar-refractivity contribution >= 4 is 23.2 Å². The van der Waals surface area contributed by atoms with E-state index in [4.69, 9.17) is 28.9 Å². The van der Waals surface area contributed by atoms with Crippen LogP contribution in [0.25, 0.3) is 0 Å². The summed E-state index contributed by atoms with van der Waals surface area (Å²) in [6.07, 6.45) is 10.2. The second-order valence-corrected chi connectivity index (χ2v) is 6.55. The van der Waals surface area contributed by atoms with Gasteiger partial charge in [0.15, 0.2) is 0 Å². The van der Waals surface area contributed by atoms with Gasteiger partial charge in [0.25, 0.3) is 0 Å². The molecule has 1 atom stereocenters. The molecule has 1 nitrogen and oxygen atoms in total. The van der Waals surface area contributed by atoms with Crippen LogP contribution in [0.4, 0.5) is 0 Å². The van der Waals surface area contributed by atoms with Crippen molar-refractivity contribution in [1.29, 1.82) is 0 Å². The molecule has 0 aromatic heterocycles. The van der Waals surface area contributed by atoms with Crippen LogP contribution < -0.4 is 5.73 Å². The highest BCUT2D eigenvalue weighted by Gasteiger charge is 2.19. The quantitative estimate of drug-likeness (QED) is 0.813. The summed E-state index contributed by atoms with van der Waals surface area (Å²) in [5.41, 5.74) is 7.54. The maximum Gasteiger partial charge on any atom is 0.0453 e. The van der Waals surface area contributed by atoms with Crippen LogP contribution in [-0.2, 0) is 6.42 Å². The van der Waals surface area contributed by atoms with Crippen LogP contribution in [0.5, 0.6) is 0 Å². The standard InChI is InChI=1S/C16H23Cl2N/c17-14-9-8-13(15(18)11-14)10-16(19)12-6-4-2-1-3-5-7-12/h8-9,11-12,16H,1-7,10,19H2. The summed E-state index contributed by atoms with van der Waals surface area (Å²) in [6, 6.07) is 5.93. The zero-order chi connectivity index (χ0) is 13.7. The molecule has 1 aliphatic carbocycles. The molecule has 1 aliphatic rings. The van der Waals surface area contributed by atoms with Crippen molar-refractivity contribution in [2.45, 2.75) is 57.4 Å². The largest absolute Gasteiger partial charge is 0.327 e. The van der Waals surface area contributed by atoms with Crippen LogP contribution in [0.3, 0.4) is 0 Å². The first-order valence-corrected chi connectivity index (χ1v) is 8.12. The van der Waals surface area contributed by atoms with Gasteiger partial charge in [-0.3, -0.25) is 0 Å². The Morgan fingerprint density at radius 1 is 1.05 bits per heavy atom. The summed E-state index contributed by atoms with van der Waals surface area (Å²) in [7, 11) is 0. The van der Waals surface area contributed by atoms with Gasteiger partial charge in [-0.1, -0.05) is 61.4 Å². The number of halogens is 2. The lowest BCUT2D eigenvalue weighted by Crippen LogP contribution is -2.32. The third kappa shape index (κ3) is 4.66. The number of rotatable bonds is 3. The lowest BCUT2D eigenvalue weighted by Gasteiger charge is -2.26. The van der Waals surface area contributed by atoms with Gasteiger partial charge < -0.3 is 5.73 Å². The van der Waals surface area contributed by atoms with Crippen LogP contribution in [-0.4, -0.2) is 6.04 Å². The predicted octanol–water partition coefficient (Wildman–Crippen LogP) is 5.22. The molecule has 1 fully saturated rings. The number of hydrogen-bond donors (Lipinski definition) is 1. The third-order valence-corrected chi connectivity index (χ3v) is 4.81. The predicted molar refractivity (Wildman–Crippen MR) is 84.0 cm³/mol. The zero-order valence-electron chi connectivity index (χ0n) is 11.4. The monoisotopic (exact) mass is 299 g/mol. The van der Waals surface area contributed by atoms with Gasteiger partial charge in [0.2, 0.25) is 0 Å². The normalized spacial score (nSPS) is 19.7. The fraction of sp³-hybridized carbons (Fsp3) is 0.625. The molecule has 1 aromatic carbocycles. The van der Waals surface area contributed by atoms with Gasteiger partial charge >= 0.3 is 0 Å². The topological polar surface area (TPSA) is 26.0 Å². The molecule has 0 heterocycles. The van der Waals surface area contributed by atoms with E-state index in [1.54, 1.807) is 0 Å². The van der Waals surface area contributed by atoms with Crippen molar-refractivity contribution in [2.75, 3.05) is 0 Å². The Kier molecular flexibility index (Phi) is 6.00. The summed E-state index contributed by atoms with van der Waals surface area (Å²) in [6.45, 7) is 0. The third-order valence-electron chi connectivity index (χ3n) is 4.23. The Morgan fingerprint density at radius 3 is 2.32 bits per heavy atom. The van der Waals surface area contributed by atoms with E-state index in [1.165, 1.54) is 44.9 Å². The summed E-state index contributed by atoms with van der Waals surface area (Å²) < 4.78 is 0. The SMILES string of the molecule is NC(Cc1ccc(Cl)cc1Cl)C1CCCCCCC1. The highest BCUT2D eigenvalue weighted by Crippen LogP contribution is 2.28. The van der Waals surface area contributed by atoms with Gasteiger partial charge in [0.1, 0.15) is 0 Å². The van der Waals surface area contributed by atoms with Gasteiger partial charge in [0, 0.05) is 16.1 Å². The summed E-state index contributed by atoms with van der Waals surface area (Å²) >= 11 is 12.2. The van der Waals surface area contributed by atoms with Gasteiger partial charge in [-0.25, -0.2) is 0 Å². The molecule has 1 saturated carbocycles. The molecule has 2 rings (SSSR count). The van der Waals surface area contributed by atoms with Crippen LogP contribution in [0.15, 0.2) is 18.2 Å². The molecule has 0 aliphatic heterocycles. The maximum atomic E-state index is 6.42. The highest BCUT2D eigenvalue weighted by molar-refractivity contribution is 6.35. The molecule has 0 amide bonds. The van der Waals surface area contributed by atoms with E-state index >= 15 is 0 Å². The highest BCUT2D eigenvalue weighted by atomic mass is 35.5. The maximum absolute atomic E-state index is 6.42. The van der Waals surface area contributed by atoms with E-state index in [1.807, 2.05) is 18.2 Å². The summed E-state index contributed by atoms with van der Waals surface area (Å²) in [5, 5.41) is 1.43. The van der Waals surface area contributed by atoms with Crippen LogP contribution in [0.1, 0.15) is 50.5 Å². The molecule has 1 unspecified atom stereocenters. The van der Waals surface area contributed by atoms with E-state index in [9.17, 15) is 0 Å². The van der Waals surface area contributed by atoms with E-state index < -0.39 is 0 Å². The molecule has 106 valence electrons. The van der Waals surface area contributed by atoms with E-state index in [-0.39, 0.29) is 6.04 Å². The molecule has 19 heavy (non-hydrogen) atoms. The van der Waals surface area contributed by atoms with Gasteiger partial charge in [-0.15, -0.1) is 0 Å². The second kappa shape index (κ2) is 7.52. The van der Waals surface area contributed by atoms with E-state index in [0.29, 0.717) is 10.9 Å². The Morgan fingerprint density at radius 2 is 1.68 bits per heavy atom. The summed E-state index contributed by atoms with van der Waals surface area (Å²) in [4.78, 5) is 0. The van der Waals surface area contributed by atoms with Gasteiger partial charge in [-0.05, 0) is 42.9 Å². The second-order valence-electron chi connectivity index (χ2n) is 5.71. The number of nitrogens with two attached hydrogens (primary N) is 1. The van der Waals surface area contributed by atoms with Crippen molar-refractivity contribution in [1.82, 2.24) is 0 Å². The first-order chi connectivity index (χ1) is 9.16. The van der Waals surface area contributed by atoms with Crippen molar-refractivity contribution in [2.24, 2.45) is 11.7 Å². The fourth-order valence-electron chi connectivity index (χ4n) is 3.02.